The second kappa shape index (κ2) is 3.16. The maximum absolute atomic E-state index is 13.3. The molecule has 1 aromatic carbocycles. The van der Waals surface area contributed by atoms with Crippen molar-refractivity contribution in [1.82, 2.24) is 0 Å². The quantitative estimate of drug-likeness (QED) is 0.832. The zero-order valence-electron chi connectivity index (χ0n) is 8.36. The summed E-state index contributed by atoms with van der Waals surface area (Å²) < 4.78 is 26.6. The first-order valence-electron chi connectivity index (χ1n) is 4.77. The van der Waals surface area contributed by atoms with Crippen LogP contribution in [0.25, 0.3) is 0 Å². The highest BCUT2D eigenvalue weighted by Gasteiger charge is 2.71. The zero-order chi connectivity index (χ0) is 11.3. The van der Waals surface area contributed by atoms with Crippen molar-refractivity contribution in [3.05, 3.63) is 34.3 Å². The van der Waals surface area contributed by atoms with Crippen molar-refractivity contribution in [3.8, 4) is 0 Å². The topological polar surface area (TPSA) is 26.0 Å². The maximum atomic E-state index is 13.3. The van der Waals surface area contributed by atoms with Gasteiger partial charge in [-0.2, -0.15) is 0 Å². The minimum Gasteiger partial charge on any atom is -0.329 e. The average Bonchev–Trinajstić information content (AvgIpc) is 2.69. The molecule has 2 rings (SSSR count). The molecule has 1 aliphatic rings. The molecule has 0 aliphatic heterocycles. The van der Waals surface area contributed by atoms with Crippen molar-refractivity contribution in [2.45, 2.75) is 24.7 Å². The Balaban J connectivity index is 2.46. The van der Waals surface area contributed by atoms with E-state index in [1.807, 2.05) is 6.92 Å². The van der Waals surface area contributed by atoms with Crippen LogP contribution in [-0.2, 0) is 5.41 Å². The highest BCUT2D eigenvalue weighted by molar-refractivity contribution is 6.31. The van der Waals surface area contributed by atoms with Crippen LogP contribution in [0.5, 0.6) is 0 Å². The molecule has 1 aliphatic carbocycles. The molecule has 0 bridgehead atoms. The Morgan fingerprint density at radius 2 is 2.07 bits per heavy atom. The minimum absolute atomic E-state index is 0.0667. The summed E-state index contributed by atoms with van der Waals surface area (Å²) >= 11 is 5.97. The van der Waals surface area contributed by atoms with Crippen LogP contribution in [0.1, 0.15) is 17.5 Å². The van der Waals surface area contributed by atoms with E-state index in [-0.39, 0.29) is 13.0 Å². The van der Waals surface area contributed by atoms with Crippen LogP contribution in [0.3, 0.4) is 0 Å². The van der Waals surface area contributed by atoms with E-state index in [1.165, 1.54) is 0 Å². The molecule has 1 saturated carbocycles. The highest BCUT2D eigenvalue weighted by atomic mass is 35.5. The van der Waals surface area contributed by atoms with Gasteiger partial charge in [0.1, 0.15) is 0 Å². The second-order valence-electron chi connectivity index (χ2n) is 4.15. The predicted octanol–water partition coefficient (Wildman–Crippen LogP) is 2.88. The van der Waals surface area contributed by atoms with Gasteiger partial charge in [-0.05, 0) is 24.1 Å². The normalized spacial score (nSPS) is 27.8. The van der Waals surface area contributed by atoms with Gasteiger partial charge in [-0.3, -0.25) is 0 Å². The van der Waals surface area contributed by atoms with Crippen LogP contribution in [-0.4, -0.2) is 12.5 Å². The Kier molecular flexibility index (Phi) is 2.28. The van der Waals surface area contributed by atoms with Crippen LogP contribution >= 0.6 is 11.6 Å². The lowest BCUT2D eigenvalue weighted by atomic mass is 9.94. The fourth-order valence-corrected chi connectivity index (χ4v) is 2.38. The summed E-state index contributed by atoms with van der Waals surface area (Å²) in [5, 5.41) is 0.387. The Morgan fingerprint density at radius 1 is 1.47 bits per heavy atom. The number of halogens is 3. The summed E-state index contributed by atoms with van der Waals surface area (Å²) in [6, 6.07) is 5.14. The standard InChI is InChI=1S/C11H12ClF2N/c1-7-2-3-8(9(12)4-7)10(6-15)5-11(10,13)14/h2-4H,5-6,15H2,1H3. The van der Waals surface area contributed by atoms with Crippen molar-refractivity contribution in [2.75, 3.05) is 6.54 Å². The maximum Gasteiger partial charge on any atom is 0.260 e. The Morgan fingerprint density at radius 3 is 2.47 bits per heavy atom. The number of hydrogen-bond donors (Lipinski definition) is 1. The smallest absolute Gasteiger partial charge is 0.260 e. The zero-order valence-corrected chi connectivity index (χ0v) is 9.11. The molecule has 2 N–H and O–H groups in total. The van der Waals surface area contributed by atoms with Crippen LogP contribution in [0.15, 0.2) is 18.2 Å². The lowest BCUT2D eigenvalue weighted by Gasteiger charge is -2.16. The highest BCUT2D eigenvalue weighted by Crippen LogP contribution is 2.62. The molecule has 82 valence electrons. The number of aryl methyl sites for hydroxylation is 1. The second-order valence-corrected chi connectivity index (χ2v) is 4.56. The van der Waals surface area contributed by atoms with E-state index < -0.39 is 11.3 Å². The summed E-state index contributed by atoms with van der Waals surface area (Å²) in [4.78, 5) is 0. The van der Waals surface area contributed by atoms with E-state index in [2.05, 4.69) is 0 Å². The van der Waals surface area contributed by atoms with Crippen molar-refractivity contribution < 1.29 is 8.78 Å². The molecule has 0 heterocycles. The Bertz CT molecular complexity index is 406. The van der Waals surface area contributed by atoms with E-state index in [0.29, 0.717) is 10.6 Å². The number of nitrogens with two attached hydrogens (primary N) is 1. The lowest BCUT2D eigenvalue weighted by molar-refractivity contribution is 0.0896. The van der Waals surface area contributed by atoms with Gasteiger partial charge in [0.2, 0.25) is 0 Å². The fraction of sp³-hybridized carbons (Fsp3) is 0.455. The van der Waals surface area contributed by atoms with E-state index in [1.54, 1.807) is 18.2 Å². The van der Waals surface area contributed by atoms with Crippen LogP contribution < -0.4 is 5.73 Å². The van der Waals surface area contributed by atoms with E-state index in [0.717, 1.165) is 5.56 Å². The van der Waals surface area contributed by atoms with Gasteiger partial charge in [0, 0.05) is 18.0 Å². The van der Waals surface area contributed by atoms with Gasteiger partial charge in [0.05, 0.1) is 5.41 Å². The third kappa shape index (κ3) is 1.45. The van der Waals surface area contributed by atoms with Gasteiger partial charge in [0.15, 0.2) is 0 Å². The number of benzene rings is 1. The number of alkyl halides is 2. The van der Waals surface area contributed by atoms with Gasteiger partial charge in [-0.25, -0.2) is 8.78 Å². The molecule has 4 heteroatoms. The Hall–Kier alpha value is -0.670. The summed E-state index contributed by atoms with van der Waals surface area (Å²) in [5.74, 6) is -2.71. The average molecular weight is 232 g/mol. The molecule has 1 unspecified atom stereocenters. The third-order valence-corrected chi connectivity index (χ3v) is 3.40. The summed E-state index contributed by atoms with van der Waals surface area (Å²) in [5.41, 5.74) is 5.65. The molecule has 0 amide bonds. The first-order valence-corrected chi connectivity index (χ1v) is 5.15. The lowest BCUT2D eigenvalue weighted by Crippen LogP contribution is -2.27. The largest absolute Gasteiger partial charge is 0.329 e. The van der Waals surface area contributed by atoms with Gasteiger partial charge in [-0.15, -0.1) is 0 Å². The van der Waals surface area contributed by atoms with Crippen molar-refractivity contribution in [2.24, 2.45) is 5.73 Å². The number of rotatable bonds is 2. The minimum atomic E-state index is -2.71. The summed E-state index contributed by atoms with van der Waals surface area (Å²) in [7, 11) is 0. The molecule has 0 radical (unpaired) electrons. The molecule has 15 heavy (non-hydrogen) atoms. The van der Waals surface area contributed by atoms with E-state index in [9.17, 15) is 8.78 Å². The molecule has 1 atom stereocenters. The molecule has 1 fully saturated rings. The molecule has 0 saturated heterocycles. The van der Waals surface area contributed by atoms with Crippen molar-refractivity contribution in [1.29, 1.82) is 0 Å². The predicted molar refractivity (Wildman–Crippen MR) is 56.5 cm³/mol. The molecular weight excluding hydrogens is 220 g/mol. The molecule has 1 nitrogen and oxygen atoms in total. The van der Waals surface area contributed by atoms with Crippen LogP contribution in [0.2, 0.25) is 5.02 Å². The molecular formula is C11H12ClF2N. The van der Waals surface area contributed by atoms with Crippen LogP contribution in [0, 0.1) is 6.92 Å². The molecule has 1 aromatic rings. The molecule has 0 aromatic heterocycles. The summed E-state index contributed by atoms with van der Waals surface area (Å²) in [6.45, 7) is 1.80. The van der Waals surface area contributed by atoms with E-state index in [4.69, 9.17) is 17.3 Å². The molecule has 0 spiro atoms. The van der Waals surface area contributed by atoms with E-state index >= 15 is 0 Å². The van der Waals surface area contributed by atoms with Gasteiger partial charge in [-0.1, -0.05) is 23.7 Å². The third-order valence-electron chi connectivity index (χ3n) is 3.09. The monoisotopic (exact) mass is 231 g/mol. The van der Waals surface area contributed by atoms with Gasteiger partial charge < -0.3 is 5.73 Å². The van der Waals surface area contributed by atoms with Gasteiger partial charge >= 0.3 is 0 Å². The van der Waals surface area contributed by atoms with Crippen LogP contribution in [0.4, 0.5) is 8.78 Å². The first kappa shape index (κ1) is 10.8. The Labute approximate surface area is 92.2 Å². The van der Waals surface area contributed by atoms with Gasteiger partial charge in [0.25, 0.3) is 5.92 Å². The van der Waals surface area contributed by atoms with Crippen molar-refractivity contribution in [3.63, 3.8) is 0 Å². The summed E-state index contributed by atoms with van der Waals surface area (Å²) in [6.07, 6.45) is -0.195. The first-order chi connectivity index (χ1) is 6.93. The van der Waals surface area contributed by atoms with Crippen molar-refractivity contribution >= 4 is 11.6 Å². The fourth-order valence-electron chi connectivity index (χ4n) is 1.97. The number of hydrogen-bond acceptors (Lipinski definition) is 1. The SMILES string of the molecule is Cc1ccc(C2(CN)CC2(F)F)c(Cl)c1.